The SMILES string of the molecule is C/C=C(C)\C=C(\C)C(C)N1CCN(C(=O)c2ccc(CN3CCCS3=O)cc2C#N)CC1. The van der Waals surface area contributed by atoms with Gasteiger partial charge in [-0.05, 0) is 51.8 Å². The molecule has 0 saturated carbocycles. The van der Waals surface area contributed by atoms with Gasteiger partial charge in [-0.25, -0.2) is 8.51 Å². The monoisotopic (exact) mass is 454 g/mol. The van der Waals surface area contributed by atoms with Crippen LogP contribution in [-0.4, -0.2) is 68.7 Å². The van der Waals surface area contributed by atoms with Crippen LogP contribution in [0.1, 0.15) is 55.6 Å². The minimum atomic E-state index is -0.939. The zero-order valence-electron chi connectivity index (χ0n) is 19.6. The minimum absolute atomic E-state index is 0.0813. The molecule has 2 unspecified atom stereocenters. The second kappa shape index (κ2) is 11.0. The molecule has 6 nitrogen and oxygen atoms in total. The molecular weight excluding hydrogens is 420 g/mol. The van der Waals surface area contributed by atoms with Gasteiger partial charge in [-0.1, -0.05) is 29.4 Å². The summed E-state index contributed by atoms with van der Waals surface area (Å²) in [6.45, 7) is 12.8. The van der Waals surface area contributed by atoms with Crippen molar-refractivity contribution in [1.82, 2.24) is 14.1 Å². The summed E-state index contributed by atoms with van der Waals surface area (Å²) in [7, 11) is -0.939. The maximum absolute atomic E-state index is 13.2. The van der Waals surface area contributed by atoms with E-state index in [9.17, 15) is 14.3 Å². The Morgan fingerprint density at radius 1 is 1.22 bits per heavy atom. The molecule has 2 aliphatic heterocycles. The largest absolute Gasteiger partial charge is 0.336 e. The van der Waals surface area contributed by atoms with Crippen molar-refractivity contribution >= 4 is 16.9 Å². The second-order valence-electron chi connectivity index (χ2n) is 8.66. The molecule has 2 saturated heterocycles. The lowest BCUT2D eigenvalue weighted by Gasteiger charge is -2.38. The Hall–Kier alpha value is -2.27. The van der Waals surface area contributed by atoms with E-state index in [2.05, 4.69) is 43.9 Å². The van der Waals surface area contributed by atoms with Crippen LogP contribution in [0.4, 0.5) is 0 Å². The fourth-order valence-corrected chi connectivity index (χ4v) is 5.51. The van der Waals surface area contributed by atoms with Gasteiger partial charge in [-0.15, -0.1) is 0 Å². The second-order valence-corrected chi connectivity index (χ2v) is 10.2. The smallest absolute Gasteiger partial charge is 0.255 e. The topological polar surface area (TPSA) is 67.7 Å². The first-order chi connectivity index (χ1) is 15.3. The molecule has 0 N–H and O–H groups in total. The number of carbonyl (C=O) groups is 1. The van der Waals surface area contributed by atoms with Gasteiger partial charge in [0.05, 0.1) is 28.2 Å². The summed E-state index contributed by atoms with van der Waals surface area (Å²) >= 11 is 0. The fourth-order valence-electron chi connectivity index (χ4n) is 4.25. The van der Waals surface area contributed by atoms with Gasteiger partial charge in [0.2, 0.25) is 0 Å². The number of carbonyl (C=O) groups excluding carboxylic acids is 1. The van der Waals surface area contributed by atoms with Crippen LogP contribution in [0.2, 0.25) is 0 Å². The number of allylic oxidation sites excluding steroid dienone is 3. The van der Waals surface area contributed by atoms with E-state index in [1.165, 1.54) is 11.1 Å². The van der Waals surface area contributed by atoms with Crippen LogP contribution in [0.25, 0.3) is 0 Å². The lowest BCUT2D eigenvalue weighted by Crippen LogP contribution is -2.51. The zero-order chi connectivity index (χ0) is 23.3. The van der Waals surface area contributed by atoms with Gasteiger partial charge in [-0.2, -0.15) is 5.26 Å². The molecule has 7 heteroatoms. The molecule has 0 spiro atoms. The third-order valence-electron chi connectivity index (χ3n) is 6.53. The molecule has 1 aromatic carbocycles. The van der Waals surface area contributed by atoms with Gasteiger partial charge < -0.3 is 4.90 Å². The Morgan fingerprint density at radius 2 is 1.94 bits per heavy atom. The van der Waals surface area contributed by atoms with Crippen molar-refractivity contribution in [1.29, 1.82) is 5.26 Å². The van der Waals surface area contributed by atoms with Crippen molar-refractivity contribution in [2.45, 2.75) is 46.7 Å². The average molecular weight is 455 g/mol. The first-order valence-electron chi connectivity index (χ1n) is 11.3. The number of benzene rings is 1. The maximum atomic E-state index is 13.2. The van der Waals surface area contributed by atoms with E-state index in [0.717, 1.165) is 31.6 Å². The first-order valence-corrected chi connectivity index (χ1v) is 12.6. The highest BCUT2D eigenvalue weighted by Gasteiger charge is 2.27. The number of hydrogen-bond acceptors (Lipinski definition) is 4. The molecule has 32 heavy (non-hydrogen) atoms. The third kappa shape index (κ3) is 5.74. The highest BCUT2D eigenvalue weighted by Crippen LogP contribution is 2.20. The van der Waals surface area contributed by atoms with Gasteiger partial charge in [0.1, 0.15) is 0 Å². The van der Waals surface area contributed by atoms with E-state index in [4.69, 9.17) is 0 Å². The summed E-state index contributed by atoms with van der Waals surface area (Å²) in [5, 5.41) is 9.66. The van der Waals surface area contributed by atoms with Crippen LogP contribution in [0, 0.1) is 11.3 Å². The van der Waals surface area contributed by atoms with Gasteiger partial charge in [-0.3, -0.25) is 9.69 Å². The van der Waals surface area contributed by atoms with E-state index >= 15 is 0 Å². The number of rotatable bonds is 6. The minimum Gasteiger partial charge on any atom is -0.336 e. The molecule has 1 aromatic rings. The quantitative estimate of drug-likeness (QED) is 0.617. The number of amides is 1. The van der Waals surface area contributed by atoms with Crippen LogP contribution in [0.5, 0.6) is 0 Å². The molecule has 2 heterocycles. The van der Waals surface area contributed by atoms with Crippen LogP contribution in [0.15, 0.2) is 41.5 Å². The lowest BCUT2D eigenvalue weighted by molar-refractivity contribution is 0.0605. The van der Waals surface area contributed by atoms with E-state index < -0.39 is 11.0 Å². The molecule has 0 aromatic heterocycles. The summed E-state index contributed by atoms with van der Waals surface area (Å²) in [6, 6.07) is 7.94. The van der Waals surface area contributed by atoms with Crippen molar-refractivity contribution in [2.24, 2.45) is 0 Å². The summed E-state index contributed by atoms with van der Waals surface area (Å²) < 4.78 is 13.9. The Balaban J connectivity index is 1.64. The summed E-state index contributed by atoms with van der Waals surface area (Å²) in [6.07, 6.45) is 5.26. The Morgan fingerprint density at radius 3 is 2.53 bits per heavy atom. The number of nitriles is 1. The number of hydrogen-bond donors (Lipinski definition) is 0. The highest BCUT2D eigenvalue weighted by molar-refractivity contribution is 7.82. The molecular formula is C25H34N4O2S. The standard InChI is InChI=1S/C25H34N4O2S/c1-5-19(2)15-20(3)21(4)27-10-12-28(13-11-27)25(30)24-8-7-22(16-23(24)17-26)18-29-9-6-14-32(29)31/h5,7-8,15-16,21H,6,9-14,18H2,1-4H3/b19-5-,20-15-. The molecule has 172 valence electrons. The van der Waals surface area contributed by atoms with Crippen LogP contribution in [-0.2, 0) is 17.5 Å². The predicted molar refractivity (Wildman–Crippen MR) is 129 cm³/mol. The molecule has 2 aliphatic rings. The van der Waals surface area contributed by atoms with E-state index in [-0.39, 0.29) is 5.91 Å². The molecule has 1 amide bonds. The highest BCUT2D eigenvalue weighted by atomic mass is 32.2. The lowest BCUT2D eigenvalue weighted by atomic mass is 10.0. The molecule has 0 bridgehead atoms. The van der Waals surface area contributed by atoms with Crippen LogP contribution in [0.3, 0.4) is 0 Å². The average Bonchev–Trinajstić information content (AvgIpc) is 3.22. The molecule has 3 rings (SSSR count). The van der Waals surface area contributed by atoms with Crippen molar-refractivity contribution < 1.29 is 9.00 Å². The molecule has 2 fully saturated rings. The van der Waals surface area contributed by atoms with Crippen LogP contribution < -0.4 is 0 Å². The maximum Gasteiger partial charge on any atom is 0.255 e. The fraction of sp³-hybridized carbons (Fsp3) is 0.520. The Labute approximate surface area is 194 Å². The van der Waals surface area contributed by atoms with Crippen molar-refractivity contribution in [3.05, 3.63) is 58.2 Å². The van der Waals surface area contributed by atoms with Crippen LogP contribution >= 0.6 is 0 Å². The van der Waals surface area contributed by atoms with Gasteiger partial charge in [0, 0.05) is 51.1 Å². The zero-order valence-corrected chi connectivity index (χ0v) is 20.5. The summed E-state index contributed by atoms with van der Waals surface area (Å²) in [4.78, 5) is 17.4. The molecule has 2 atom stereocenters. The van der Waals surface area contributed by atoms with Gasteiger partial charge >= 0.3 is 0 Å². The van der Waals surface area contributed by atoms with Crippen molar-refractivity contribution in [2.75, 3.05) is 38.5 Å². The summed E-state index contributed by atoms with van der Waals surface area (Å²) in [5.41, 5.74) is 4.35. The van der Waals surface area contributed by atoms with Gasteiger partial charge in [0.15, 0.2) is 0 Å². The Bertz CT molecular complexity index is 971. The van der Waals surface area contributed by atoms with E-state index in [1.807, 2.05) is 22.2 Å². The molecule has 0 radical (unpaired) electrons. The summed E-state index contributed by atoms with van der Waals surface area (Å²) in [5.74, 6) is 0.624. The Kier molecular flexibility index (Phi) is 8.41. The number of nitrogens with zero attached hydrogens (tertiary/aromatic N) is 4. The normalized spacial score (nSPS) is 22.1. The van der Waals surface area contributed by atoms with Crippen molar-refractivity contribution in [3.8, 4) is 6.07 Å². The van der Waals surface area contributed by atoms with E-state index in [1.54, 1.807) is 12.1 Å². The first kappa shape index (κ1) is 24.4. The molecule has 0 aliphatic carbocycles. The van der Waals surface area contributed by atoms with Gasteiger partial charge in [0.25, 0.3) is 5.91 Å². The predicted octanol–water partition coefficient (Wildman–Crippen LogP) is 3.49. The van der Waals surface area contributed by atoms with Crippen molar-refractivity contribution in [3.63, 3.8) is 0 Å². The van der Waals surface area contributed by atoms with E-state index in [0.29, 0.717) is 42.6 Å². The third-order valence-corrected chi connectivity index (χ3v) is 8.05. The number of piperazine rings is 1.